The highest BCUT2D eigenvalue weighted by Crippen LogP contribution is 2.23. The van der Waals surface area contributed by atoms with Gasteiger partial charge in [-0.05, 0) is 78.7 Å². The van der Waals surface area contributed by atoms with E-state index in [0.717, 1.165) is 10.9 Å². The first-order valence-electron chi connectivity index (χ1n) is 22.3. The third-order valence-corrected chi connectivity index (χ3v) is 11.4. The molecule has 2 aromatic carbocycles. The molecular formula is C47H68N8O9. The van der Waals surface area contributed by atoms with Crippen molar-refractivity contribution in [2.24, 2.45) is 29.4 Å². The number of phenols is 1. The number of carboxylic acid groups (broad SMARTS) is 1. The van der Waals surface area contributed by atoms with Crippen LogP contribution in [0.25, 0.3) is 10.9 Å². The number of hydrogen-bond donors (Lipinski definition) is 9. The number of aromatic hydroxyl groups is 1. The van der Waals surface area contributed by atoms with Crippen molar-refractivity contribution < 1.29 is 43.8 Å². The number of aliphatic carboxylic acids is 1. The summed E-state index contributed by atoms with van der Waals surface area (Å²) in [6, 6.07) is 5.86. The van der Waals surface area contributed by atoms with E-state index in [4.69, 9.17) is 5.73 Å². The van der Waals surface area contributed by atoms with Gasteiger partial charge in [0.25, 0.3) is 0 Å². The Kier molecular flexibility index (Phi) is 18.3. The number of amides is 6. The maximum atomic E-state index is 14.5. The molecule has 17 heteroatoms. The van der Waals surface area contributed by atoms with Gasteiger partial charge in [-0.25, -0.2) is 4.79 Å². The quantitative estimate of drug-likeness (QED) is 0.0712. The number of aromatic amines is 1. The largest absolute Gasteiger partial charge is 0.508 e. The zero-order chi connectivity index (χ0) is 47.4. The van der Waals surface area contributed by atoms with Crippen LogP contribution in [0, 0.1) is 23.7 Å². The van der Waals surface area contributed by atoms with E-state index in [2.05, 4.69) is 31.6 Å². The fraction of sp³-hybridized carbons (Fsp3) is 0.553. The van der Waals surface area contributed by atoms with Crippen LogP contribution in [0.5, 0.6) is 5.75 Å². The summed E-state index contributed by atoms with van der Waals surface area (Å²) in [4.78, 5) is 100. The number of H-pyrrole nitrogens is 1. The number of fused-ring (bicyclic) bond motifs is 1. The highest BCUT2D eigenvalue weighted by atomic mass is 16.4. The van der Waals surface area contributed by atoms with Crippen LogP contribution in [0.4, 0.5) is 0 Å². The Bertz CT molecular complexity index is 2100. The Morgan fingerprint density at radius 2 is 1.28 bits per heavy atom. The van der Waals surface area contributed by atoms with Gasteiger partial charge in [0.15, 0.2) is 0 Å². The predicted molar refractivity (Wildman–Crippen MR) is 242 cm³/mol. The monoisotopic (exact) mass is 889 g/mol. The van der Waals surface area contributed by atoms with Crippen LogP contribution in [-0.2, 0) is 46.4 Å². The minimum absolute atomic E-state index is 0.00279. The number of phenolic OH excluding ortho intramolecular Hbond substituents is 1. The van der Waals surface area contributed by atoms with Crippen molar-refractivity contribution in [1.82, 2.24) is 36.5 Å². The standard InChI is InChI=1S/C47H68N8O9/c1-25(2)20-33(48)41(57)50-35(21-26(3)4)42(58)53-40(28(7)8)45(61)54-39(27(5)6)44(60)51-36(22-29-15-17-31(56)18-16-29)46(62)55-19-11-14-38(55)43(59)52-37(47(63)64)23-30-24-49-34-13-10-9-12-32(30)34/h9-10,12-13,15-18,24-28,33,35-40,49,56H,11,14,19-23,48H2,1-8H3,(H,50,57)(H,51,60)(H,52,59)(H,53,58)(H,54,61)(H,63,64)/t33-,35-,36-,37-,38-,39-,40-/m0/s1. The lowest BCUT2D eigenvalue weighted by Crippen LogP contribution is -2.61. The van der Waals surface area contributed by atoms with Gasteiger partial charge in [0.2, 0.25) is 35.4 Å². The van der Waals surface area contributed by atoms with Crippen molar-refractivity contribution in [2.45, 2.75) is 136 Å². The number of carboxylic acids is 1. The van der Waals surface area contributed by atoms with Gasteiger partial charge in [0.1, 0.15) is 42.0 Å². The average molecular weight is 889 g/mol. The Morgan fingerprint density at radius 1 is 0.703 bits per heavy atom. The molecule has 10 N–H and O–H groups in total. The zero-order valence-electron chi connectivity index (χ0n) is 38.3. The van der Waals surface area contributed by atoms with Crippen LogP contribution in [0.3, 0.4) is 0 Å². The van der Waals surface area contributed by atoms with Gasteiger partial charge in [-0.15, -0.1) is 0 Å². The van der Waals surface area contributed by atoms with E-state index in [0.29, 0.717) is 24.0 Å². The van der Waals surface area contributed by atoms with Gasteiger partial charge in [0, 0.05) is 36.5 Å². The van der Waals surface area contributed by atoms with Crippen molar-refractivity contribution in [3.05, 3.63) is 65.9 Å². The lowest BCUT2D eigenvalue weighted by molar-refractivity contribution is -0.145. The molecule has 0 radical (unpaired) electrons. The highest BCUT2D eigenvalue weighted by molar-refractivity contribution is 5.97. The van der Waals surface area contributed by atoms with Crippen molar-refractivity contribution in [3.63, 3.8) is 0 Å². The molecule has 0 saturated carbocycles. The van der Waals surface area contributed by atoms with E-state index in [-0.39, 0.29) is 49.8 Å². The molecule has 2 heterocycles. The Labute approximate surface area is 375 Å². The molecule has 0 aliphatic carbocycles. The minimum Gasteiger partial charge on any atom is -0.508 e. The van der Waals surface area contributed by atoms with Gasteiger partial charge in [0.05, 0.1) is 6.04 Å². The van der Waals surface area contributed by atoms with Gasteiger partial charge >= 0.3 is 5.97 Å². The van der Waals surface area contributed by atoms with Crippen molar-refractivity contribution in [3.8, 4) is 5.75 Å². The number of benzene rings is 2. The molecule has 4 rings (SSSR count). The van der Waals surface area contributed by atoms with Gasteiger partial charge in [-0.3, -0.25) is 28.8 Å². The Morgan fingerprint density at radius 3 is 1.88 bits per heavy atom. The molecule has 1 saturated heterocycles. The summed E-state index contributed by atoms with van der Waals surface area (Å²) in [5.41, 5.74) is 8.22. The van der Waals surface area contributed by atoms with Crippen molar-refractivity contribution in [2.75, 3.05) is 6.54 Å². The second-order valence-corrected chi connectivity index (χ2v) is 18.5. The lowest BCUT2D eigenvalue weighted by Gasteiger charge is -2.32. The van der Waals surface area contributed by atoms with Crippen molar-refractivity contribution >= 4 is 52.3 Å². The van der Waals surface area contributed by atoms with Crippen LogP contribution >= 0.6 is 0 Å². The summed E-state index contributed by atoms with van der Waals surface area (Å²) >= 11 is 0. The van der Waals surface area contributed by atoms with Crippen LogP contribution in [-0.4, -0.2) is 110 Å². The van der Waals surface area contributed by atoms with E-state index < -0.39 is 95.5 Å². The maximum Gasteiger partial charge on any atom is 0.326 e. The zero-order valence-corrected chi connectivity index (χ0v) is 38.3. The summed E-state index contributed by atoms with van der Waals surface area (Å²) in [5, 5.41) is 34.7. The fourth-order valence-electron chi connectivity index (χ4n) is 7.98. The first-order chi connectivity index (χ1) is 30.2. The van der Waals surface area contributed by atoms with E-state index in [1.165, 1.54) is 17.0 Å². The molecular weight excluding hydrogens is 821 g/mol. The molecule has 0 bridgehead atoms. The number of carbonyl (C=O) groups excluding carboxylic acids is 6. The average Bonchev–Trinajstić information content (AvgIpc) is 3.88. The summed E-state index contributed by atoms with van der Waals surface area (Å²) < 4.78 is 0. The molecule has 0 unspecified atom stereocenters. The fourth-order valence-corrected chi connectivity index (χ4v) is 7.98. The van der Waals surface area contributed by atoms with Crippen LogP contribution in [0.15, 0.2) is 54.7 Å². The molecule has 1 aromatic heterocycles. The molecule has 3 aromatic rings. The number of nitrogens with two attached hydrogens (primary N) is 1. The molecule has 7 atom stereocenters. The third-order valence-electron chi connectivity index (χ3n) is 11.4. The number of carbonyl (C=O) groups is 7. The number of nitrogens with one attached hydrogen (secondary N) is 6. The van der Waals surface area contributed by atoms with Crippen molar-refractivity contribution in [1.29, 1.82) is 0 Å². The number of hydrogen-bond acceptors (Lipinski definition) is 9. The number of aromatic nitrogens is 1. The van der Waals surface area contributed by atoms with Crippen LogP contribution < -0.4 is 32.3 Å². The first kappa shape index (κ1) is 50.7. The summed E-state index contributed by atoms with van der Waals surface area (Å²) in [6.07, 6.45) is 3.08. The molecule has 1 fully saturated rings. The SMILES string of the molecule is CC(C)C[C@H](NC(=O)[C@@H](N)CC(C)C)C(=O)N[C@H](C(=O)N[C@H](C(=O)N[C@@H](Cc1ccc(O)cc1)C(=O)N1CCC[C@H]1C(=O)N[C@@H](Cc1c[nH]c2ccccc12)C(=O)O)C(C)C)C(C)C. The molecule has 1 aliphatic heterocycles. The van der Waals surface area contributed by atoms with E-state index in [1.807, 2.05) is 52.0 Å². The van der Waals surface area contributed by atoms with Gasteiger partial charge in [-0.1, -0.05) is 85.7 Å². The molecule has 0 spiro atoms. The molecule has 350 valence electrons. The van der Waals surface area contributed by atoms with Crippen LogP contribution in [0.1, 0.15) is 92.2 Å². The number of likely N-dealkylation sites (tertiary alicyclic amines) is 1. The van der Waals surface area contributed by atoms with E-state index in [1.54, 1.807) is 46.0 Å². The Hall–Kier alpha value is -5.97. The molecule has 6 amide bonds. The highest BCUT2D eigenvalue weighted by Gasteiger charge is 2.40. The topological polar surface area (TPSA) is 265 Å². The number of para-hydroxylation sites is 1. The smallest absolute Gasteiger partial charge is 0.326 e. The second-order valence-electron chi connectivity index (χ2n) is 18.5. The number of rotatable bonds is 22. The summed E-state index contributed by atoms with van der Waals surface area (Å²) in [6.45, 7) is 14.8. The second kappa shape index (κ2) is 23.1. The molecule has 64 heavy (non-hydrogen) atoms. The molecule has 1 aliphatic rings. The van der Waals surface area contributed by atoms with Gasteiger partial charge in [-0.2, -0.15) is 0 Å². The molecule has 17 nitrogen and oxygen atoms in total. The first-order valence-corrected chi connectivity index (χ1v) is 22.3. The summed E-state index contributed by atoms with van der Waals surface area (Å²) in [7, 11) is 0. The van der Waals surface area contributed by atoms with E-state index in [9.17, 15) is 43.8 Å². The lowest BCUT2D eigenvalue weighted by atomic mass is 9.97. The third kappa shape index (κ3) is 14.0. The normalized spacial score (nSPS) is 16.8. The maximum absolute atomic E-state index is 14.5. The van der Waals surface area contributed by atoms with Crippen LogP contribution in [0.2, 0.25) is 0 Å². The Balaban J connectivity index is 1.52. The summed E-state index contributed by atoms with van der Waals surface area (Å²) in [5.74, 6) is -5.63. The predicted octanol–water partition coefficient (Wildman–Crippen LogP) is 2.89. The number of nitrogens with zero attached hydrogens (tertiary/aromatic N) is 1. The van der Waals surface area contributed by atoms with Gasteiger partial charge < -0.3 is 52.4 Å². The van der Waals surface area contributed by atoms with E-state index >= 15 is 0 Å². The minimum atomic E-state index is -1.29.